The number of rotatable bonds is 1. The van der Waals surface area contributed by atoms with Crippen molar-refractivity contribution in [1.82, 2.24) is 4.98 Å². The second-order valence-electron chi connectivity index (χ2n) is 8.51. The molecule has 0 unspecified atom stereocenters. The first-order valence-corrected chi connectivity index (χ1v) is 12.2. The number of nitrogens with zero attached hydrogens (tertiary/aromatic N) is 1. The van der Waals surface area contributed by atoms with Gasteiger partial charge in [-0.15, -0.1) is 0 Å². The molecule has 3 heteroatoms. The standard InChI is InChI=1S/C30H18ClNS/c31-20-16-23(19-8-7-15-32-18-19)29-27(17-20)30(26-13-5-6-14-28(26)33-29)24-11-3-1-9-21(24)22-10-2-4-12-25(22)30/h1-18H. The van der Waals surface area contributed by atoms with E-state index < -0.39 is 5.41 Å². The smallest absolute Gasteiger partial charge is 0.0736 e. The Balaban J connectivity index is 1.68. The monoisotopic (exact) mass is 459 g/mol. The fraction of sp³-hybridized carbons (Fsp3) is 0.0333. The van der Waals surface area contributed by atoms with Crippen LogP contribution in [0, 0.1) is 0 Å². The Hall–Kier alpha value is -3.33. The minimum atomic E-state index is -0.410. The van der Waals surface area contributed by atoms with Gasteiger partial charge in [-0.2, -0.15) is 0 Å². The van der Waals surface area contributed by atoms with Crippen molar-refractivity contribution < 1.29 is 0 Å². The predicted octanol–water partition coefficient (Wildman–Crippen LogP) is 8.23. The van der Waals surface area contributed by atoms with Crippen LogP contribution in [0.1, 0.15) is 22.3 Å². The number of pyridine rings is 1. The molecule has 0 N–H and O–H groups in total. The van der Waals surface area contributed by atoms with Crippen LogP contribution >= 0.6 is 23.4 Å². The van der Waals surface area contributed by atoms with E-state index in [-0.39, 0.29) is 0 Å². The molecule has 0 radical (unpaired) electrons. The molecule has 1 nitrogen and oxygen atoms in total. The maximum absolute atomic E-state index is 6.84. The summed E-state index contributed by atoms with van der Waals surface area (Å²) in [7, 11) is 0. The molecule has 0 saturated carbocycles. The van der Waals surface area contributed by atoms with Crippen molar-refractivity contribution in [2.75, 3.05) is 0 Å². The lowest BCUT2D eigenvalue weighted by Crippen LogP contribution is -2.32. The molecule has 0 saturated heterocycles. The third kappa shape index (κ3) is 2.54. The summed E-state index contributed by atoms with van der Waals surface area (Å²) in [6.45, 7) is 0. The molecule has 5 aromatic rings. The Morgan fingerprint density at radius 2 is 1.30 bits per heavy atom. The number of hydrogen-bond acceptors (Lipinski definition) is 2. The first kappa shape index (κ1) is 19.2. The topological polar surface area (TPSA) is 12.9 Å². The highest BCUT2D eigenvalue weighted by molar-refractivity contribution is 7.99. The minimum absolute atomic E-state index is 0.410. The Labute approximate surface area is 202 Å². The molecule has 0 fully saturated rings. The molecule has 2 aliphatic rings. The van der Waals surface area contributed by atoms with Gasteiger partial charge in [0.2, 0.25) is 0 Å². The van der Waals surface area contributed by atoms with Gasteiger partial charge in [0.25, 0.3) is 0 Å². The van der Waals surface area contributed by atoms with E-state index in [0.717, 1.165) is 16.1 Å². The highest BCUT2D eigenvalue weighted by atomic mass is 35.5. The van der Waals surface area contributed by atoms with Crippen molar-refractivity contribution in [3.8, 4) is 22.3 Å². The van der Waals surface area contributed by atoms with Crippen molar-refractivity contribution in [2.24, 2.45) is 0 Å². The Bertz CT molecular complexity index is 1510. The summed E-state index contributed by atoms with van der Waals surface area (Å²) in [4.78, 5) is 6.92. The van der Waals surface area contributed by atoms with E-state index in [0.29, 0.717) is 0 Å². The summed E-state index contributed by atoms with van der Waals surface area (Å²) in [5.41, 5.74) is 9.59. The minimum Gasteiger partial charge on any atom is -0.264 e. The maximum atomic E-state index is 6.84. The van der Waals surface area contributed by atoms with E-state index in [9.17, 15) is 0 Å². The van der Waals surface area contributed by atoms with E-state index >= 15 is 0 Å². The normalized spacial score (nSPS) is 14.3. The zero-order chi connectivity index (χ0) is 22.0. The van der Waals surface area contributed by atoms with E-state index in [4.69, 9.17) is 11.6 Å². The highest BCUT2D eigenvalue weighted by Gasteiger charge is 2.50. The zero-order valence-electron chi connectivity index (χ0n) is 17.6. The average Bonchev–Trinajstić information content (AvgIpc) is 3.16. The summed E-state index contributed by atoms with van der Waals surface area (Å²) >= 11 is 8.68. The van der Waals surface area contributed by atoms with Crippen molar-refractivity contribution >= 4 is 23.4 Å². The van der Waals surface area contributed by atoms with Crippen molar-refractivity contribution in [2.45, 2.75) is 15.2 Å². The summed E-state index contributed by atoms with van der Waals surface area (Å²) in [5.74, 6) is 0. The van der Waals surface area contributed by atoms with Crippen LogP contribution in [0.25, 0.3) is 22.3 Å². The maximum Gasteiger partial charge on any atom is 0.0736 e. The van der Waals surface area contributed by atoms with Gasteiger partial charge in [0.05, 0.1) is 5.41 Å². The molecule has 0 atom stereocenters. The van der Waals surface area contributed by atoms with Crippen molar-refractivity contribution in [1.29, 1.82) is 0 Å². The van der Waals surface area contributed by atoms with Crippen LogP contribution in [0.2, 0.25) is 5.02 Å². The molecule has 1 spiro atoms. The van der Waals surface area contributed by atoms with E-state index in [1.807, 2.05) is 30.2 Å². The molecule has 2 heterocycles. The number of fused-ring (bicyclic) bond motifs is 9. The van der Waals surface area contributed by atoms with Crippen LogP contribution in [0.15, 0.2) is 119 Å². The SMILES string of the molecule is Clc1cc(-c2cccnc2)c2c(c1)C1(c3ccccc3S2)c2ccccc2-c2ccccc21. The van der Waals surface area contributed by atoms with Crippen LogP contribution in [-0.4, -0.2) is 4.98 Å². The number of aromatic nitrogens is 1. The summed E-state index contributed by atoms with van der Waals surface area (Å²) in [6, 6.07) is 34.8. The molecule has 7 rings (SSSR count). The molecule has 33 heavy (non-hydrogen) atoms. The van der Waals surface area contributed by atoms with Gasteiger partial charge in [0.1, 0.15) is 0 Å². The highest BCUT2D eigenvalue weighted by Crippen LogP contribution is 2.63. The first-order chi connectivity index (χ1) is 16.3. The molecule has 156 valence electrons. The lowest BCUT2D eigenvalue weighted by atomic mass is 9.67. The lowest BCUT2D eigenvalue weighted by Gasteiger charge is -2.40. The first-order valence-electron chi connectivity index (χ1n) is 11.0. The second kappa shape index (κ2) is 7.08. The van der Waals surface area contributed by atoms with Gasteiger partial charge < -0.3 is 0 Å². The predicted molar refractivity (Wildman–Crippen MR) is 136 cm³/mol. The molecular formula is C30H18ClNS. The molecule has 1 aliphatic carbocycles. The second-order valence-corrected chi connectivity index (χ2v) is 10.00. The van der Waals surface area contributed by atoms with Gasteiger partial charge in [-0.3, -0.25) is 4.98 Å². The largest absolute Gasteiger partial charge is 0.264 e. The van der Waals surface area contributed by atoms with Gasteiger partial charge in [0, 0.05) is 32.8 Å². The number of hydrogen-bond donors (Lipinski definition) is 0. The average molecular weight is 460 g/mol. The van der Waals surface area contributed by atoms with Gasteiger partial charge in [-0.25, -0.2) is 0 Å². The Kier molecular flexibility index (Phi) is 4.11. The summed E-state index contributed by atoms with van der Waals surface area (Å²) in [6.07, 6.45) is 3.74. The third-order valence-electron chi connectivity index (χ3n) is 6.89. The molecule has 1 aromatic heterocycles. The van der Waals surface area contributed by atoms with E-state index in [1.54, 1.807) is 0 Å². The molecule has 4 aromatic carbocycles. The van der Waals surface area contributed by atoms with Gasteiger partial charge >= 0.3 is 0 Å². The summed E-state index contributed by atoms with van der Waals surface area (Å²) < 4.78 is 0. The molecule has 0 amide bonds. The Morgan fingerprint density at radius 3 is 2.00 bits per heavy atom. The van der Waals surface area contributed by atoms with E-state index in [1.165, 1.54) is 43.2 Å². The molecule has 1 aliphatic heterocycles. The van der Waals surface area contributed by atoms with Gasteiger partial charge in [-0.05, 0) is 63.2 Å². The quantitative estimate of drug-likeness (QED) is 0.245. The van der Waals surface area contributed by atoms with Crippen molar-refractivity contribution in [3.63, 3.8) is 0 Å². The van der Waals surface area contributed by atoms with Crippen LogP contribution in [0.3, 0.4) is 0 Å². The van der Waals surface area contributed by atoms with Crippen LogP contribution < -0.4 is 0 Å². The van der Waals surface area contributed by atoms with Gasteiger partial charge in [0.15, 0.2) is 0 Å². The number of halogens is 1. The summed E-state index contributed by atoms with van der Waals surface area (Å²) in [5, 5.41) is 0.744. The van der Waals surface area contributed by atoms with Crippen LogP contribution in [0.4, 0.5) is 0 Å². The number of benzene rings is 4. The van der Waals surface area contributed by atoms with Gasteiger partial charge in [-0.1, -0.05) is 96.2 Å². The third-order valence-corrected chi connectivity index (χ3v) is 8.32. The van der Waals surface area contributed by atoms with E-state index in [2.05, 4.69) is 96.0 Å². The Morgan fingerprint density at radius 1 is 0.636 bits per heavy atom. The van der Waals surface area contributed by atoms with Crippen LogP contribution in [-0.2, 0) is 5.41 Å². The zero-order valence-corrected chi connectivity index (χ0v) is 19.2. The lowest BCUT2D eigenvalue weighted by molar-refractivity contribution is 0.723. The molecule has 0 bridgehead atoms. The fourth-order valence-electron chi connectivity index (χ4n) is 5.65. The van der Waals surface area contributed by atoms with Crippen molar-refractivity contribution in [3.05, 3.63) is 137 Å². The fourth-order valence-corrected chi connectivity index (χ4v) is 7.18. The molecular weight excluding hydrogens is 442 g/mol. The van der Waals surface area contributed by atoms with Crippen LogP contribution in [0.5, 0.6) is 0 Å².